The van der Waals surface area contributed by atoms with Crippen molar-refractivity contribution < 1.29 is 18.0 Å². The van der Waals surface area contributed by atoms with Crippen LogP contribution in [0.1, 0.15) is 15.9 Å². The molecular weight excluding hydrogens is 207 g/mol. The Morgan fingerprint density at radius 1 is 1.27 bits per heavy atom. The van der Waals surface area contributed by atoms with Crippen molar-refractivity contribution in [1.29, 1.82) is 0 Å². The fourth-order valence-corrected chi connectivity index (χ4v) is 1.09. The molecule has 0 saturated carbocycles. The molecule has 0 aromatic heterocycles. The first-order chi connectivity index (χ1) is 6.82. The van der Waals surface area contributed by atoms with Crippen molar-refractivity contribution >= 4 is 5.91 Å². The predicted molar refractivity (Wildman–Crippen MR) is 49.5 cm³/mol. The van der Waals surface area contributed by atoms with Crippen LogP contribution in [0.4, 0.5) is 13.2 Å². The van der Waals surface area contributed by atoms with Crippen molar-refractivity contribution in [2.75, 3.05) is 14.1 Å². The van der Waals surface area contributed by atoms with Crippen LogP contribution in [0.15, 0.2) is 24.3 Å². The SMILES string of the molecule is CN(C)C(=O)c1cccc(C(F)(F)F)c1. The van der Waals surface area contributed by atoms with E-state index in [0.29, 0.717) is 0 Å². The second-order valence-corrected chi connectivity index (χ2v) is 3.28. The lowest BCUT2D eigenvalue weighted by Gasteiger charge is -2.12. The van der Waals surface area contributed by atoms with Crippen molar-refractivity contribution in [3.05, 3.63) is 35.4 Å². The van der Waals surface area contributed by atoms with Crippen LogP contribution >= 0.6 is 0 Å². The molecule has 1 aromatic rings. The van der Waals surface area contributed by atoms with Crippen molar-refractivity contribution in [3.8, 4) is 0 Å². The molecule has 5 heteroatoms. The Balaban J connectivity index is 3.09. The van der Waals surface area contributed by atoms with Gasteiger partial charge in [-0.05, 0) is 18.2 Å². The number of amides is 1. The van der Waals surface area contributed by atoms with Gasteiger partial charge in [0, 0.05) is 19.7 Å². The van der Waals surface area contributed by atoms with Crippen LogP contribution in [-0.2, 0) is 6.18 Å². The lowest BCUT2D eigenvalue weighted by atomic mass is 10.1. The van der Waals surface area contributed by atoms with Crippen LogP contribution in [0.2, 0.25) is 0 Å². The van der Waals surface area contributed by atoms with Gasteiger partial charge in [-0.1, -0.05) is 6.07 Å². The third-order valence-corrected chi connectivity index (χ3v) is 1.84. The van der Waals surface area contributed by atoms with E-state index >= 15 is 0 Å². The molecule has 0 saturated heterocycles. The van der Waals surface area contributed by atoms with E-state index < -0.39 is 17.6 Å². The van der Waals surface area contributed by atoms with E-state index in [1.165, 1.54) is 31.1 Å². The Morgan fingerprint density at radius 3 is 2.33 bits per heavy atom. The van der Waals surface area contributed by atoms with Crippen LogP contribution in [0.5, 0.6) is 0 Å². The third kappa shape index (κ3) is 2.71. The molecule has 0 aliphatic rings. The van der Waals surface area contributed by atoms with E-state index in [1.54, 1.807) is 0 Å². The predicted octanol–water partition coefficient (Wildman–Crippen LogP) is 2.41. The van der Waals surface area contributed by atoms with Crippen LogP contribution in [0.3, 0.4) is 0 Å². The molecule has 2 nitrogen and oxygen atoms in total. The van der Waals surface area contributed by atoms with E-state index in [-0.39, 0.29) is 5.56 Å². The number of alkyl halides is 3. The van der Waals surface area contributed by atoms with Gasteiger partial charge in [0.2, 0.25) is 0 Å². The van der Waals surface area contributed by atoms with Gasteiger partial charge in [-0.25, -0.2) is 0 Å². The monoisotopic (exact) mass is 217 g/mol. The number of benzene rings is 1. The van der Waals surface area contributed by atoms with Gasteiger partial charge in [0.25, 0.3) is 5.91 Å². The molecule has 1 aromatic carbocycles. The minimum atomic E-state index is -4.41. The summed E-state index contributed by atoms with van der Waals surface area (Å²) in [5.41, 5.74) is -0.773. The van der Waals surface area contributed by atoms with Crippen molar-refractivity contribution in [1.82, 2.24) is 4.90 Å². The second-order valence-electron chi connectivity index (χ2n) is 3.28. The fourth-order valence-electron chi connectivity index (χ4n) is 1.09. The highest BCUT2D eigenvalue weighted by molar-refractivity contribution is 5.94. The number of hydrogen-bond donors (Lipinski definition) is 0. The van der Waals surface area contributed by atoms with Crippen molar-refractivity contribution in [2.24, 2.45) is 0 Å². The number of carbonyl (C=O) groups excluding carboxylic acids is 1. The summed E-state index contributed by atoms with van der Waals surface area (Å²) in [6.45, 7) is 0. The molecule has 1 rings (SSSR count). The molecule has 0 bridgehead atoms. The third-order valence-electron chi connectivity index (χ3n) is 1.84. The summed E-state index contributed by atoms with van der Waals surface area (Å²) in [6.07, 6.45) is -4.41. The van der Waals surface area contributed by atoms with Crippen LogP contribution in [0.25, 0.3) is 0 Å². The first-order valence-electron chi connectivity index (χ1n) is 4.21. The first-order valence-corrected chi connectivity index (χ1v) is 4.21. The van der Waals surface area contributed by atoms with Gasteiger partial charge in [-0.2, -0.15) is 13.2 Å². The first kappa shape index (κ1) is 11.6. The topological polar surface area (TPSA) is 20.3 Å². The van der Waals surface area contributed by atoms with E-state index in [1.807, 2.05) is 0 Å². The maximum Gasteiger partial charge on any atom is 0.416 e. The van der Waals surface area contributed by atoms with Crippen LogP contribution in [0, 0.1) is 0 Å². The number of nitrogens with zero attached hydrogens (tertiary/aromatic N) is 1. The molecule has 0 heterocycles. The van der Waals surface area contributed by atoms with Gasteiger partial charge in [-0.3, -0.25) is 4.79 Å². The molecule has 0 atom stereocenters. The Hall–Kier alpha value is -1.52. The highest BCUT2D eigenvalue weighted by Crippen LogP contribution is 2.29. The van der Waals surface area contributed by atoms with E-state index in [4.69, 9.17) is 0 Å². The Labute approximate surface area is 85.3 Å². The summed E-state index contributed by atoms with van der Waals surface area (Å²) >= 11 is 0. The van der Waals surface area contributed by atoms with Gasteiger partial charge < -0.3 is 4.90 Å². The van der Waals surface area contributed by atoms with Gasteiger partial charge in [0.1, 0.15) is 0 Å². The minimum Gasteiger partial charge on any atom is -0.345 e. The summed E-state index contributed by atoms with van der Waals surface area (Å²) in [7, 11) is 2.98. The standard InChI is InChI=1S/C10H10F3NO/c1-14(2)9(15)7-4-3-5-8(6-7)10(11,12)13/h3-6H,1-2H3. The molecule has 0 N–H and O–H groups in total. The van der Waals surface area contributed by atoms with E-state index in [0.717, 1.165) is 12.1 Å². The molecular formula is C10H10F3NO. The van der Waals surface area contributed by atoms with Gasteiger partial charge in [-0.15, -0.1) is 0 Å². The molecule has 0 aliphatic carbocycles. The molecule has 0 aliphatic heterocycles. The average molecular weight is 217 g/mol. The Morgan fingerprint density at radius 2 is 1.87 bits per heavy atom. The highest BCUT2D eigenvalue weighted by atomic mass is 19.4. The summed E-state index contributed by atoms with van der Waals surface area (Å²) in [6, 6.07) is 4.37. The van der Waals surface area contributed by atoms with E-state index in [9.17, 15) is 18.0 Å². The van der Waals surface area contributed by atoms with Gasteiger partial charge in [0.15, 0.2) is 0 Å². The lowest BCUT2D eigenvalue weighted by Crippen LogP contribution is -2.22. The molecule has 15 heavy (non-hydrogen) atoms. The highest BCUT2D eigenvalue weighted by Gasteiger charge is 2.30. The molecule has 0 fully saturated rings. The van der Waals surface area contributed by atoms with E-state index in [2.05, 4.69) is 0 Å². The average Bonchev–Trinajstić information content (AvgIpc) is 2.15. The summed E-state index contributed by atoms with van der Waals surface area (Å²) in [4.78, 5) is 12.6. The lowest BCUT2D eigenvalue weighted by molar-refractivity contribution is -0.137. The van der Waals surface area contributed by atoms with Crippen molar-refractivity contribution in [3.63, 3.8) is 0 Å². The number of rotatable bonds is 1. The van der Waals surface area contributed by atoms with Crippen LogP contribution in [-0.4, -0.2) is 24.9 Å². The minimum absolute atomic E-state index is 0.0369. The quantitative estimate of drug-likeness (QED) is 0.707. The Kier molecular flexibility index (Phi) is 3.02. The van der Waals surface area contributed by atoms with Gasteiger partial charge >= 0.3 is 6.18 Å². The number of hydrogen-bond acceptors (Lipinski definition) is 1. The normalized spacial score (nSPS) is 11.3. The smallest absolute Gasteiger partial charge is 0.345 e. The largest absolute Gasteiger partial charge is 0.416 e. The zero-order valence-electron chi connectivity index (χ0n) is 8.30. The maximum atomic E-state index is 12.3. The fraction of sp³-hybridized carbons (Fsp3) is 0.300. The van der Waals surface area contributed by atoms with Gasteiger partial charge in [0.05, 0.1) is 5.56 Å². The Bertz CT molecular complexity index is 371. The zero-order valence-corrected chi connectivity index (χ0v) is 8.30. The molecule has 1 amide bonds. The zero-order chi connectivity index (χ0) is 11.6. The maximum absolute atomic E-state index is 12.3. The molecule has 0 spiro atoms. The number of halogens is 3. The molecule has 0 radical (unpaired) electrons. The summed E-state index contributed by atoms with van der Waals surface area (Å²) in [5, 5.41) is 0. The molecule has 82 valence electrons. The number of carbonyl (C=O) groups is 1. The molecule has 0 unspecified atom stereocenters. The van der Waals surface area contributed by atoms with Crippen LogP contribution < -0.4 is 0 Å². The summed E-state index contributed by atoms with van der Waals surface area (Å²) < 4.78 is 36.9. The summed E-state index contributed by atoms with van der Waals surface area (Å²) in [5.74, 6) is -0.443. The second kappa shape index (κ2) is 3.92. The van der Waals surface area contributed by atoms with Crippen molar-refractivity contribution in [2.45, 2.75) is 6.18 Å².